The second-order valence-corrected chi connectivity index (χ2v) is 5.21. The Morgan fingerprint density at radius 1 is 1.30 bits per heavy atom. The van der Waals surface area contributed by atoms with Crippen LogP contribution in [0.2, 0.25) is 0 Å². The molecule has 7 heteroatoms. The van der Waals surface area contributed by atoms with E-state index in [1.54, 1.807) is 0 Å². The van der Waals surface area contributed by atoms with Crippen molar-refractivity contribution in [2.75, 3.05) is 26.1 Å². The second-order valence-electron chi connectivity index (χ2n) is 5.21. The molecule has 0 bridgehead atoms. The van der Waals surface area contributed by atoms with Gasteiger partial charge in [0.1, 0.15) is 11.6 Å². The highest BCUT2D eigenvalue weighted by atomic mass is 19.1. The van der Waals surface area contributed by atoms with Crippen molar-refractivity contribution in [3.05, 3.63) is 47.2 Å². The summed E-state index contributed by atoms with van der Waals surface area (Å²) in [5.41, 5.74) is 1.02. The summed E-state index contributed by atoms with van der Waals surface area (Å²) >= 11 is 0. The third kappa shape index (κ3) is 4.15. The fraction of sp³-hybridized carbons (Fsp3) is 0.312. The van der Waals surface area contributed by atoms with Gasteiger partial charge in [0, 0.05) is 31.4 Å². The number of halogens is 1. The lowest BCUT2D eigenvalue weighted by atomic mass is 10.2. The van der Waals surface area contributed by atoms with Gasteiger partial charge in [-0.05, 0) is 25.1 Å². The zero-order valence-corrected chi connectivity index (χ0v) is 13.6. The molecule has 1 heterocycles. The van der Waals surface area contributed by atoms with E-state index in [4.69, 9.17) is 4.74 Å². The Morgan fingerprint density at radius 3 is 2.65 bits per heavy atom. The van der Waals surface area contributed by atoms with Gasteiger partial charge in [0.15, 0.2) is 11.6 Å². The van der Waals surface area contributed by atoms with Crippen LogP contribution in [-0.4, -0.2) is 37.1 Å². The number of methoxy groups -OCH3 is 1. The fourth-order valence-electron chi connectivity index (χ4n) is 1.99. The molecule has 122 valence electrons. The molecule has 6 nitrogen and oxygen atoms in total. The lowest BCUT2D eigenvalue weighted by Gasteiger charge is -2.13. The maximum atomic E-state index is 13.6. The molecule has 0 saturated carbocycles. The SMILES string of the molecule is COc1ccc(C(=O)NCc2nc(C)cc(N(C)C)n2)cc1F. The number of rotatable bonds is 5. The Morgan fingerprint density at radius 2 is 2.04 bits per heavy atom. The van der Waals surface area contributed by atoms with Gasteiger partial charge in [-0.2, -0.15) is 0 Å². The second kappa shape index (κ2) is 7.04. The van der Waals surface area contributed by atoms with Crippen LogP contribution in [0.25, 0.3) is 0 Å². The number of anilines is 1. The van der Waals surface area contributed by atoms with Gasteiger partial charge in [-0.15, -0.1) is 0 Å². The van der Waals surface area contributed by atoms with E-state index in [0.717, 1.165) is 17.6 Å². The van der Waals surface area contributed by atoms with Crippen LogP contribution in [-0.2, 0) is 6.54 Å². The molecule has 0 fully saturated rings. The van der Waals surface area contributed by atoms with Crippen molar-refractivity contribution in [2.45, 2.75) is 13.5 Å². The summed E-state index contributed by atoms with van der Waals surface area (Å²) in [5.74, 6) is 0.373. The summed E-state index contributed by atoms with van der Waals surface area (Å²) in [6.45, 7) is 2.02. The zero-order valence-electron chi connectivity index (χ0n) is 13.6. The van der Waals surface area contributed by atoms with Crippen molar-refractivity contribution in [2.24, 2.45) is 0 Å². The lowest BCUT2D eigenvalue weighted by Crippen LogP contribution is -2.25. The van der Waals surface area contributed by atoms with Crippen molar-refractivity contribution in [3.63, 3.8) is 0 Å². The molecular weight excluding hydrogens is 299 g/mol. The van der Waals surface area contributed by atoms with E-state index in [1.165, 1.54) is 19.2 Å². The summed E-state index contributed by atoms with van der Waals surface area (Å²) in [5, 5.41) is 2.68. The number of aryl methyl sites for hydroxylation is 1. The van der Waals surface area contributed by atoms with Crippen LogP contribution in [0, 0.1) is 12.7 Å². The van der Waals surface area contributed by atoms with Crippen LogP contribution in [0.5, 0.6) is 5.75 Å². The first-order valence-electron chi connectivity index (χ1n) is 7.04. The van der Waals surface area contributed by atoms with Crippen molar-refractivity contribution >= 4 is 11.7 Å². The van der Waals surface area contributed by atoms with E-state index in [1.807, 2.05) is 32.0 Å². The Balaban J connectivity index is 2.08. The minimum Gasteiger partial charge on any atom is -0.494 e. The third-order valence-electron chi connectivity index (χ3n) is 3.17. The van der Waals surface area contributed by atoms with Crippen LogP contribution in [0.3, 0.4) is 0 Å². The quantitative estimate of drug-likeness (QED) is 0.912. The number of carbonyl (C=O) groups excluding carboxylic acids is 1. The predicted molar refractivity (Wildman–Crippen MR) is 85.2 cm³/mol. The molecule has 0 atom stereocenters. The summed E-state index contributed by atoms with van der Waals surface area (Å²) in [6, 6.07) is 5.90. The fourth-order valence-corrected chi connectivity index (χ4v) is 1.99. The predicted octanol–water partition coefficient (Wildman–Crippen LogP) is 1.93. The zero-order chi connectivity index (χ0) is 17.0. The van der Waals surface area contributed by atoms with E-state index in [0.29, 0.717) is 5.82 Å². The van der Waals surface area contributed by atoms with Crippen LogP contribution in [0.1, 0.15) is 21.9 Å². The van der Waals surface area contributed by atoms with E-state index in [-0.39, 0.29) is 17.9 Å². The molecule has 0 saturated heterocycles. The molecule has 0 aliphatic rings. The lowest BCUT2D eigenvalue weighted by molar-refractivity contribution is 0.0949. The molecule has 1 N–H and O–H groups in total. The molecule has 1 aromatic heterocycles. The van der Waals surface area contributed by atoms with Gasteiger partial charge < -0.3 is 15.0 Å². The Labute approximate surface area is 134 Å². The van der Waals surface area contributed by atoms with Crippen molar-refractivity contribution in [1.82, 2.24) is 15.3 Å². The molecule has 0 unspecified atom stereocenters. The number of hydrogen-bond acceptors (Lipinski definition) is 5. The van der Waals surface area contributed by atoms with Crippen molar-refractivity contribution in [1.29, 1.82) is 0 Å². The maximum Gasteiger partial charge on any atom is 0.251 e. The number of nitrogens with zero attached hydrogens (tertiary/aromatic N) is 3. The van der Waals surface area contributed by atoms with Crippen LogP contribution in [0.4, 0.5) is 10.2 Å². The topological polar surface area (TPSA) is 67.3 Å². The molecule has 0 aliphatic carbocycles. The molecule has 0 spiro atoms. The summed E-state index contributed by atoms with van der Waals surface area (Å²) in [7, 11) is 5.13. The number of carbonyl (C=O) groups is 1. The minimum absolute atomic E-state index is 0.0965. The van der Waals surface area contributed by atoms with E-state index < -0.39 is 11.7 Å². The number of amides is 1. The van der Waals surface area contributed by atoms with Gasteiger partial charge in [-0.3, -0.25) is 4.79 Å². The molecule has 23 heavy (non-hydrogen) atoms. The summed E-state index contributed by atoms with van der Waals surface area (Å²) < 4.78 is 18.5. The van der Waals surface area contributed by atoms with E-state index >= 15 is 0 Å². The minimum atomic E-state index is -0.582. The average molecular weight is 318 g/mol. The first-order chi connectivity index (χ1) is 10.9. The third-order valence-corrected chi connectivity index (χ3v) is 3.17. The Hall–Kier alpha value is -2.70. The monoisotopic (exact) mass is 318 g/mol. The number of ether oxygens (including phenoxy) is 1. The molecular formula is C16H19FN4O2. The number of benzene rings is 1. The Bertz CT molecular complexity index is 719. The highest BCUT2D eigenvalue weighted by Gasteiger charge is 2.11. The summed E-state index contributed by atoms with van der Waals surface area (Å²) in [4.78, 5) is 22.6. The molecule has 1 amide bonds. The standard InChI is InChI=1S/C16H19FN4O2/c1-10-7-15(21(2)3)20-14(19-10)9-18-16(22)11-5-6-13(23-4)12(17)8-11/h5-8H,9H2,1-4H3,(H,18,22). The van der Waals surface area contributed by atoms with Gasteiger partial charge in [0.2, 0.25) is 0 Å². The Kier molecular flexibility index (Phi) is 5.10. The van der Waals surface area contributed by atoms with E-state index in [2.05, 4.69) is 15.3 Å². The first kappa shape index (κ1) is 16.7. The smallest absolute Gasteiger partial charge is 0.251 e. The normalized spacial score (nSPS) is 10.3. The molecule has 1 aromatic carbocycles. The molecule has 0 radical (unpaired) electrons. The highest BCUT2D eigenvalue weighted by molar-refractivity contribution is 5.94. The maximum absolute atomic E-state index is 13.6. The van der Waals surface area contributed by atoms with Gasteiger partial charge in [0.25, 0.3) is 5.91 Å². The van der Waals surface area contributed by atoms with Crippen LogP contribution in [0.15, 0.2) is 24.3 Å². The average Bonchev–Trinajstić information content (AvgIpc) is 2.52. The largest absolute Gasteiger partial charge is 0.494 e. The van der Waals surface area contributed by atoms with Crippen molar-refractivity contribution in [3.8, 4) is 5.75 Å². The number of aromatic nitrogens is 2. The first-order valence-corrected chi connectivity index (χ1v) is 7.04. The van der Waals surface area contributed by atoms with E-state index in [9.17, 15) is 9.18 Å². The van der Waals surface area contributed by atoms with Gasteiger partial charge in [-0.25, -0.2) is 14.4 Å². The van der Waals surface area contributed by atoms with Crippen molar-refractivity contribution < 1.29 is 13.9 Å². The van der Waals surface area contributed by atoms with Gasteiger partial charge in [0.05, 0.1) is 13.7 Å². The van der Waals surface area contributed by atoms with Gasteiger partial charge in [-0.1, -0.05) is 0 Å². The molecule has 2 aromatic rings. The highest BCUT2D eigenvalue weighted by Crippen LogP contribution is 2.17. The van der Waals surface area contributed by atoms with Gasteiger partial charge >= 0.3 is 0 Å². The van der Waals surface area contributed by atoms with Crippen LogP contribution >= 0.6 is 0 Å². The molecule has 2 rings (SSSR count). The number of hydrogen-bond donors (Lipinski definition) is 1. The number of nitrogens with one attached hydrogen (secondary N) is 1. The van der Waals surface area contributed by atoms with Crippen LogP contribution < -0.4 is 15.0 Å². The molecule has 0 aliphatic heterocycles. The summed E-state index contributed by atoms with van der Waals surface area (Å²) in [6.07, 6.45) is 0.